The van der Waals surface area contributed by atoms with Crippen molar-refractivity contribution in [1.29, 1.82) is 0 Å². The zero-order valence-corrected chi connectivity index (χ0v) is 21.3. The van der Waals surface area contributed by atoms with Gasteiger partial charge in [-0.25, -0.2) is 14.4 Å². The Bertz CT molecular complexity index is 1250. The number of anilines is 2. The highest BCUT2D eigenvalue weighted by Crippen LogP contribution is 2.38. The number of nitrogens with one attached hydrogen (secondary N) is 1. The molecule has 0 atom stereocenters. The van der Waals surface area contributed by atoms with E-state index in [1.165, 1.54) is 0 Å². The van der Waals surface area contributed by atoms with Gasteiger partial charge in [-0.15, -0.1) is 0 Å². The fourth-order valence-electron chi connectivity index (χ4n) is 3.56. The fourth-order valence-corrected chi connectivity index (χ4v) is 3.56. The number of nitrogens with zero attached hydrogens (tertiary/aromatic N) is 2. The van der Waals surface area contributed by atoms with Crippen molar-refractivity contribution in [1.82, 2.24) is 9.97 Å². The summed E-state index contributed by atoms with van der Waals surface area (Å²) in [6.07, 6.45) is -4.71. The predicted molar refractivity (Wildman–Crippen MR) is 132 cm³/mol. The number of ether oxygens (including phenoxy) is 2. The third kappa shape index (κ3) is 7.48. The van der Waals surface area contributed by atoms with E-state index in [1.54, 1.807) is 58.9 Å². The maximum absolute atomic E-state index is 14.6. The Morgan fingerprint density at radius 3 is 2.30 bits per heavy atom. The minimum atomic E-state index is -4.80. The van der Waals surface area contributed by atoms with Crippen LogP contribution in [0.4, 0.5) is 29.1 Å². The third-order valence-corrected chi connectivity index (χ3v) is 5.19. The first-order valence-corrected chi connectivity index (χ1v) is 11.7. The molecule has 0 radical (unpaired) electrons. The van der Waals surface area contributed by atoms with Crippen LogP contribution in [0.25, 0.3) is 11.4 Å². The van der Waals surface area contributed by atoms with Gasteiger partial charge in [-0.05, 0) is 64.4 Å². The number of aromatic nitrogens is 2. The zero-order valence-electron chi connectivity index (χ0n) is 21.3. The summed E-state index contributed by atoms with van der Waals surface area (Å²) in [6, 6.07) is 9.58. The van der Waals surface area contributed by atoms with Crippen molar-refractivity contribution in [3.63, 3.8) is 0 Å². The number of hydrogen-bond acceptors (Lipinski definition) is 6. The maximum atomic E-state index is 14.6. The molecule has 0 amide bonds. The van der Waals surface area contributed by atoms with Gasteiger partial charge in [0.05, 0.1) is 24.2 Å². The van der Waals surface area contributed by atoms with Crippen molar-refractivity contribution in [2.75, 3.05) is 11.9 Å². The molecular weight excluding hydrogens is 490 g/mol. The lowest BCUT2D eigenvalue weighted by atomic mass is 10.0. The monoisotopic (exact) mass is 519 g/mol. The number of rotatable bonds is 8. The molecule has 0 bridgehead atoms. The Morgan fingerprint density at radius 2 is 1.70 bits per heavy atom. The molecule has 0 saturated carbocycles. The summed E-state index contributed by atoms with van der Waals surface area (Å²) in [4.78, 5) is 20.6. The minimum Gasteiger partial charge on any atom is -0.460 e. The van der Waals surface area contributed by atoms with Crippen molar-refractivity contribution >= 4 is 17.5 Å². The lowest BCUT2D eigenvalue weighted by molar-refractivity contribution is -0.153. The Hall–Kier alpha value is -3.53. The molecule has 1 N–H and O–H groups in total. The Balaban J connectivity index is 1.98. The van der Waals surface area contributed by atoms with E-state index in [0.29, 0.717) is 23.6 Å². The molecule has 0 spiro atoms. The van der Waals surface area contributed by atoms with Crippen molar-refractivity contribution in [2.45, 2.75) is 59.4 Å². The molecule has 0 saturated heterocycles. The highest BCUT2D eigenvalue weighted by molar-refractivity contribution is 5.73. The van der Waals surface area contributed by atoms with Crippen LogP contribution >= 0.6 is 0 Å². The van der Waals surface area contributed by atoms with Crippen molar-refractivity contribution in [3.8, 4) is 11.4 Å². The molecule has 198 valence electrons. The largest absolute Gasteiger partial charge is 0.460 e. The average molecular weight is 520 g/mol. The number of aryl methyl sites for hydroxylation is 1. The number of esters is 1. The summed E-state index contributed by atoms with van der Waals surface area (Å²) < 4.78 is 66.4. The van der Waals surface area contributed by atoms with Crippen molar-refractivity contribution < 1.29 is 31.8 Å². The molecular formula is C27H29F4N3O3. The molecule has 0 fully saturated rings. The molecule has 0 aliphatic heterocycles. The van der Waals surface area contributed by atoms with Gasteiger partial charge in [-0.1, -0.05) is 18.2 Å². The van der Waals surface area contributed by atoms with E-state index in [2.05, 4.69) is 15.3 Å². The zero-order chi connectivity index (χ0) is 27.4. The van der Waals surface area contributed by atoms with Gasteiger partial charge in [0, 0.05) is 23.6 Å². The molecule has 2 aromatic carbocycles. The second-order valence-corrected chi connectivity index (χ2v) is 9.34. The fraction of sp³-hybridized carbons (Fsp3) is 0.370. The topological polar surface area (TPSA) is 73.3 Å². The van der Waals surface area contributed by atoms with Gasteiger partial charge in [-0.3, -0.25) is 4.79 Å². The van der Waals surface area contributed by atoms with E-state index in [1.807, 2.05) is 0 Å². The molecule has 37 heavy (non-hydrogen) atoms. The molecule has 0 aliphatic rings. The summed E-state index contributed by atoms with van der Waals surface area (Å²) in [7, 11) is 0. The third-order valence-electron chi connectivity index (χ3n) is 5.19. The number of hydrogen-bond donors (Lipinski definition) is 1. The number of benzene rings is 2. The number of carbonyl (C=O) groups excluding carboxylic acids is 1. The molecule has 0 unspecified atom stereocenters. The van der Waals surface area contributed by atoms with Crippen molar-refractivity contribution in [2.24, 2.45) is 0 Å². The van der Waals surface area contributed by atoms with Crippen LogP contribution in [0.5, 0.6) is 0 Å². The van der Waals surface area contributed by atoms with Crippen LogP contribution in [0.3, 0.4) is 0 Å². The maximum Gasteiger partial charge on any atom is 0.417 e. The SMILES string of the molecule is CCOCc1c(C)nc(-c2c(F)cccc2C(F)(F)F)nc1Nc1ccc(CC(=O)OC(C)(C)C)cc1. The van der Waals surface area contributed by atoms with Crippen LogP contribution in [0.15, 0.2) is 42.5 Å². The van der Waals surface area contributed by atoms with E-state index in [-0.39, 0.29) is 24.8 Å². The Morgan fingerprint density at radius 1 is 1.03 bits per heavy atom. The minimum absolute atomic E-state index is 0.0808. The summed E-state index contributed by atoms with van der Waals surface area (Å²) in [5.74, 6) is -1.66. The molecule has 3 rings (SSSR count). The first-order valence-electron chi connectivity index (χ1n) is 11.7. The Kier molecular flexibility index (Phi) is 8.53. The lowest BCUT2D eigenvalue weighted by Gasteiger charge is -2.19. The first-order chi connectivity index (χ1) is 17.3. The molecule has 3 aromatic rings. The summed E-state index contributed by atoms with van der Waals surface area (Å²) >= 11 is 0. The normalized spacial score (nSPS) is 11.9. The molecule has 1 aromatic heterocycles. The molecule has 6 nitrogen and oxygen atoms in total. The van der Waals surface area contributed by atoms with Gasteiger partial charge >= 0.3 is 12.1 Å². The van der Waals surface area contributed by atoms with Crippen molar-refractivity contribution in [3.05, 3.63) is 70.7 Å². The molecule has 10 heteroatoms. The van der Waals surface area contributed by atoms with E-state index < -0.39 is 34.5 Å². The summed E-state index contributed by atoms with van der Waals surface area (Å²) in [6.45, 7) is 9.26. The van der Waals surface area contributed by atoms with E-state index in [0.717, 1.165) is 23.8 Å². The smallest absolute Gasteiger partial charge is 0.417 e. The number of alkyl halides is 3. The van der Waals surface area contributed by atoms with Crippen LogP contribution in [0.2, 0.25) is 0 Å². The summed E-state index contributed by atoms with van der Waals surface area (Å²) in [5, 5.41) is 3.08. The van der Waals surface area contributed by atoms with Crippen LogP contribution in [0, 0.1) is 12.7 Å². The van der Waals surface area contributed by atoms with E-state index >= 15 is 0 Å². The predicted octanol–water partition coefficient (Wildman–Crippen LogP) is 6.77. The summed E-state index contributed by atoms with van der Waals surface area (Å²) in [5.41, 5.74) is -0.345. The van der Waals surface area contributed by atoms with Gasteiger partial charge in [0.25, 0.3) is 0 Å². The van der Waals surface area contributed by atoms with Gasteiger partial charge in [0.15, 0.2) is 5.82 Å². The lowest BCUT2D eigenvalue weighted by Crippen LogP contribution is -2.24. The second kappa shape index (κ2) is 11.2. The highest BCUT2D eigenvalue weighted by atomic mass is 19.4. The van der Waals surface area contributed by atoms with Gasteiger partial charge < -0.3 is 14.8 Å². The Labute approximate surface area is 213 Å². The van der Waals surface area contributed by atoms with Crippen LogP contribution in [-0.4, -0.2) is 28.1 Å². The quantitative estimate of drug-likeness (QED) is 0.261. The van der Waals surface area contributed by atoms with Crippen LogP contribution in [0.1, 0.15) is 50.1 Å². The van der Waals surface area contributed by atoms with E-state index in [4.69, 9.17) is 9.47 Å². The molecule has 1 heterocycles. The number of carbonyl (C=O) groups is 1. The standard InChI is InChI=1S/C27H29F4N3O3/c1-6-36-15-19-16(2)32-25(23-20(27(29,30)31)8-7-9-21(23)28)34-24(19)33-18-12-10-17(11-13-18)14-22(35)37-26(3,4)5/h7-13H,6,14-15H2,1-5H3,(H,32,33,34). The average Bonchev–Trinajstić information content (AvgIpc) is 2.77. The highest BCUT2D eigenvalue weighted by Gasteiger charge is 2.36. The second-order valence-electron chi connectivity index (χ2n) is 9.34. The first kappa shape index (κ1) is 28.0. The molecule has 0 aliphatic carbocycles. The van der Waals surface area contributed by atoms with E-state index in [9.17, 15) is 22.4 Å². The van der Waals surface area contributed by atoms with Gasteiger partial charge in [0.2, 0.25) is 0 Å². The van der Waals surface area contributed by atoms with Crippen LogP contribution < -0.4 is 5.32 Å². The van der Waals surface area contributed by atoms with Crippen LogP contribution in [-0.2, 0) is 33.5 Å². The number of halogens is 4. The van der Waals surface area contributed by atoms with Gasteiger partial charge in [0.1, 0.15) is 17.2 Å². The van der Waals surface area contributed by atoms with Gasteiger partial charge in [-0.2, -0.15) is 13.2 Å².